The highest BCUT2D eigenvalue weighted by Gasteiger charge is 2.63. The number of carbonyl (C=O) groups is 1. The second kappa shape index (κ2) is 8.84. The van der Waals surface area contributed by atoms with Gasteiger partial charge in [-0.2, -0.15) is 0 Å². The van der Waals surface area contributed by atoms with Gasteiger partial charge in [-0.05, 0) is 124 Å². The lowest BCUT2D eigenvalue weighted by atomic mass is 9.43. The van der Waals surface area contributed by atoms with Gasteiger partial charge in [0.25, 0.3) is 0 Å². The number of fused-ring (bicyclic) bond motifs is 6. The van der Waals surface area contributed by atoms with Crippen molar-refractivity contribution in [2.75, 3.05) is 13.7 Å². The molecule has 0 unspecified atom stereocenters. The summed E-state index contributed by atoms with van der Waals surface area (Å²) in [5, 5.41) is 19.1. The predicted octanol–water partition coefficient (Wildman–Crippen LogP) is 5.48. The molecule has 4 fully saturated rings. The molecular formula is C30H42FN3O3. The van der Waals surface area contributed by atoms with Crippen molar-refractivity contribution in [1.29, 1.82) is 0 Å². The quantitative estimate of drug-likeness (QED) is 0.575. The maximum absolute atomic E-state index is 14.4. The molecular weight excluding hydrogens is 469 g/mol. The van der Waals surface area contributed by atoms with Gasteiger partial charge < -0.3 is 9.84 Å². The molecule has 4 saturated carbocycles. The minimum Gasteiger partial charge on any atom is -0.390 e. The molecule has 0 aliphatic heterocycles. The zero-order chi connectivity index (χ0) is 26.2. The molecule has 2 aromatic rings. The number of aryl methyl sites for hydroxylation is 1. The zero-order valence-electron chi connectivity index (χ0n) is 22.8. The summed E-state index contributed by atoms with van der Waals surface area (Å²) in [5.74, 6) is 2.13. The summed E-state index contributed by atoms with van der Waals surface area (Å²) in [7, 11) is 1.83. The van der Waals surface area contributed by atoms with Crippen LogP contribution >= 0.6 is 0 Å². The Bertz CT molecular complexity index is 1210. The van der Waals surface area contributed by atoms with E-state index in [1.807, 2.05) is 27.0 Å². The summed E-state index contributed by atoms with van der Waals surface area (Å²) in [6.07, 6.45) is 9.37. The molecule has 6 rings (SSSR count). The molecule has 0 bridgehead atoms. The number of carbonyl (C=O) groups excluding carboxylic acids is 1. The first-order valence-electron chi connectivity index (χ1n) is 14.3. The summed E-state index contributed by atoms with van der Waals surface area (Å²) in [6, 6.07) is 3.33. The highest BCUT2D eigenvalue weighted by molar-refractivity contribution is 5.84. The summed E-state index contributed by atoms with van der Waals surface area (Å²) < 4.78 is 21.8. The van der Waals surface area contributed by atoms with Crippen molar-refractivity contribution in [3.63, 3.8) is 0 Å². The monoisotopic (exact) mass is 511 g/mol. The normalized spacial score (nSPS) is 41.3. The molecule has 202 valence electrons. The van der Waals surface area contributed by atoms with E-state index in [2.05, 4.69) is 17.2 Å². The summed E-state index contributed by atoms with van der Waals surface area (Å²) in [4.78, 5) is 13.8. The van der Waals surface area contributed by atoms with E-state index in [9.17, 15) is 14.3 Å². The van der Waals surface area contributed by atoms with Gasteiger partial charge in [-0.3, -0.25) is 4.79 Å². The Hall–Kier alpha value is -1.86. The maximum atomic E-state index is 14.4. The summed E-state index contributed by atoms with van der Waals surface area (Å²) in [6.45, 7) is 7.17. The third kappa shape index (κ3) is 3.90. The van der Waals surface area contributed by atoms with Gasteiger partial charge in [-0.1, -0.05) is 12.1 Å². The van der Waals surface area contributed by atoms with E-state index in [0.717, 1.165) is 63.5 Å². The van der Waals surface area contributed by atoms with Crippen LogP contribution in [0, 0.1) is 53.2 Å². The van der Waals surface area contributed by atoms with Gasteiger partial charge in [0.05, 0.1) is 17.7 Å². The summed E-state index contributed by atoms with van der Waals surface area (Å²) >= 11 is 0. The second-order valence-electron chi connectivity index (χ2n) is 13.5. The van der Waals surface area contributed by atoms with Crippen molar-refractivity contribution in [3.8, 4) is 0 Å². The Labute approximate surface area is 219 Å². The minimum atomic E-state index is -0.560. The number of nitrogens with zero attached hydrogens (tertiary/aromatic N) is 3. The molecule has 4 aliphatic rings. The molecule has 0 amide bonds. The number of hydrogen-bond donors (Lipinski definition) is 1. The Balaban J connectivity index is 1.24. The number of aromatic nitrogens is 3. The Kier molecular flexibility index (Phi) is 6.07. The van der Waals surface area contributed by atoms with Crippen molar-refractivity contribution in [2.24, 2.45) is 40.4 Å². The van der Waals surface area contributed by atoms with Crippen LogP contribution in [-0.2, 0) is 16.1 Å². The number of aliphatic hydroxyl groups is 1. The Morgan fingerprint density at radius 3 is 2.73 bits per heavy atom. The number of Topliss-reactive ketones (excluding diaryl/α,β-unsaturated/α-hetero) is 1. The van der Waals surface area contributed by atoms with Crippen LogP contribution in [0.15, 0.2) is 12.1 Å². The van der Waals surface area contributed by atoms with E-state index in [-0.39, 0.29) is 40.4 Å². The SMILES string of the molecule is COC[C@]12CC[C@@](C)(O)C[C@H]1CC[C@H]1[C@@H]3CC[C@H](C(=O)Cn4nnc5c(F)cc(C)cc54)[C@@]3(C)CC[C@@H]12. The molecule has 4 aliphatic carbocycles. The van der Waals surface area contributed by atoms with Crippen molar-refractivity contribution in [2.45, 2.75) is 90.7 Å². The van der Waals surface area contributed by atoms with Gasteiger partial charge in [0.1, 0.15) is 12.1 Å². The van der Waals surface area contributed by atoms with Crippen LogP contribution in [0.2, 0.25) is 0 Å². The first-order valence-corrected chi connectivity index (χ1v) is 14.3. The first-order chi connectivity index (χ1) is 17.6. The molecule has 8 atom stereocenters. The third-order valence-corrected chi connectivity index (χ3v) is 11.5. The standard InChI is InChI=1S/C30H42FN3O3/c1-18-13-24(31)27-25(14-18)34(33-32-27)16-26(35)23-8-7-21-20-6-5-19-15-28(2,36)11-12-30(19,17-37-4)22(20)9-10-29(21,23)3/h13-14,19-23,36H,5-12,15-17H2,1-4H3/t19-,20+,21+,22+,23-,28-,29+,30-/m1/s1. The van der Waals surface area contributed by atoms with Crippen LogP contribution in [0.3, 0.4) is 0 Å². The highest BCUT2D eigenvalue weighted by atomic mass is 19.1. The van der Waals surface area contributed by atoms with Crippen molar-refractivity contribution in [3.05, 3.63) is 23.5 Å². The fraction of sp³-hybridized carbons (Fsp3) is 0.767. The Morgan fingerprint density at radius 1 is 1.14 bits per heavy atom. The van der Waals surface area contributed by atoms with Gasteiger partial charge >= 0.3 is 0 Å². The van der Waals surface area contributed by atoms with Crippen LogP contribution < -0.4 is 0 Å². The van der Waals surface area contributed by atoms with Gasteiger partial charge in [-0.25, -0.2) is 9.07 Å². The van der Waals surface area contributed by atoms with E-state index in [4.69, 9.17) is 4.74 Å². The van der Waals surface area contributed by atoms with Gasteiger partial charge in [0.15, 0.2) is 11.6 Å². The predicted molar refractivity (Wildman–Crippen MR) is 139 cm³/mol. The number of ether oxygens (including phenoxy) is 1. The van der Waals surface area contributed by atoms with E-state index in [1.165, 1.54) is 12.5 Å². The van der Waals surface area contributed by atoms with Crippen LogP contribution in [0.25, 0.3) is 11.0 Å². The number of halogens is 1. The van der Waals surface area contributed by atoms with E-state index < -0.39 is 5.60 Å². The highest BCUT2D eigenvalue weighted by Crippen LogP contribution is 2.68. The molecule has 7 heteroatoms. The number of rotatable bonds is 5. The fourth-order valence-electron chi connectivity index (χ4n) is 9.85. The lowest BCUT2D eigenvalue weighted by molar-refractivity contribution is -0.175. The smallest absolute Gasteiger partial charge is 0.157 e. The molecule has 6 nitrogen and oxygen atoms in total. The molecule has 1 N–H and O–H groups in total. The largest absolute Gasteiger partial charge is 0.390 e. The summed E-state index contributed by atoms with van der Waals surface area (Å²) in [5.41, 5.74) is 1.23. The molecule has 0 spiro atoms. The van der Waals surface area contributed by atoms with Crippen molar-refractivity contribution >= 4 is 16.8 Å². The van der Waals surface area contributed by atoms with Crippen molar-refractivity contribution < 1.29 is 19.0 Å². The average Bonchev–Trinajstić information content (AvgIpc) is 3.40. The second-order valence-corrected chi connectivity index (χ2v) is 13.5. The molecule has 0 saturated heterocycles. The molecule has 1 heterocycles. The van der Waals surface area contributed by atoms with Crippen LogP contribution in [0.5, 0.6) is 0 Å². The number of methoxy groups -OCH3 is 1. The van der Waals surface area contributed by atoms with Crippen LogP contribution in [-0.4, -0.2) is 45.2 Å². The topological polar surface area (TPSA) is 77.2 Å². The van der Waals surface area contributed by atoms with Crippen molar-refractivity contribution in [1.82, 2.24) is 15.0 Å². The average molecular weight is 512 g/mol. The maximum Gasteiger partial charge on any atom is 0.157 e. The van der Waals surface area contributed by atoms with Crippen LogP contribution in [0.1, 0.15) is 77.2 Å². The first kappa shape index (κ1) is 25.4. The molecule has 0 radical (unpaired) electrons. The van der Waals surface area contributed by atoms with E-state index in [0.29, 0.717) is 29.2 Å². The van der Waals surface area contributed by atoms with E-state index >= 15 is 0 Å². The molecule has 1 aromatic heterocycles. The van der Waals surface area contributed by atoms with Gasteiger partial charge in [-0.15, -0.1) is 5.10 Å². The lowest BCUT2D eigenvalue weighted by Crippen LogP contribution is -2.58. The zero-order valence-corrected chi connectivity index (χ0v) is 22.8. The number of ketones is 1. The fourth-order valence-corrected chi connectivity index (χ4v) is 9.85. The number of hydrogen-bond acceptors (Lipinski definition) is 5. The van der Waals surface area contributed by atoms with Crippen LogP contribution in [0.4, 0.5) is 4.39 Å². The lowest BCUT2D eigenvalue weighted by Gasteiger charge is -2.62. The van der Waals surface area contributed by atoms with Gasteiger partial charge in [0, 0.05) is 13.0 Å². The minimum absolute atomic E-state index is 0.00292. The van der Waals surface area contributed by atoms with Gasteiger partial charge in [0.2, 0.25) is 0 Å². The Morgan fingerprint density at radius 2 is 1.95 bits per heavy atom. The number of benzene rings is 1. The molecule has 37 heavy (non-hydrogen) atoms. The molecule has 1 aromatic carbocycles. The third-order valence-electron chi connectivity index (χ3n) is 11.5. The van der Waals surface area contributed by atoms with E-state index in [1.54, 1.807) is 4.68 Å².